The van der Waals surface area contributed by atoms with E-state index in [2.05, 4.69) is 46.5 Å². The summed E-state index contributed by atoms with van der Waals surface area (Å²) in [5.74, 6) is 0. The lowest BCUT2D eigenvalue weighted by atomic mass is 10.2. The first-order valence-electron chi connectivity index (χ1n) is 4.64. The van der Waals surface area contributed by atoms with Crippen molar-refractivity contribution in [2.24, 2.45) is 0 Å². The highest BCUT2D eigenvalue weighted by Gasteiger charge is 2.24. The minimum atomic E-state index is -0.709. The molecular formula is C9H23NSi. The molecule has 11 heavy (non-hydrogen) atoms. The van der Waals surface area contributed by atoms with Crippen LogP contribution in [0.5, 0.6) is 0 Å². The van der Waals surface area contributed by atoms with E-state index in [1.807, 2.05) is 0 Å². The third kappa shape index (κ3) is 4.59. The highest BCUT2D eigenvalue weighted by molar-refractivity contribution is 6.59. The molecule has 1 N–H and O–H groups in total. The van der Waals surface area contributed by atoms with Gasteiger partial charge in [-0.15, -0.1) is 0 Å². The molecule has 0 aliphatic carbocycles. The van der Waals surface area contributed by atoms with E-state index >= 15 is 0 Å². The summed E-state index contributed by atoms with van der Waals surface area (Å²) in [7, 11) is -0.709. The maximum absolute atomic E-state index is 3.71. The molecular weight excluding hydrogens is 150 g/mol. The highest BCUT2D eigenvalue weighted by Crippen LogP contribution is 2.27. The van der Waals surface area contributed by atoms with Crippen molar-refractivity contribution in [3.8, 4) is 0 Å². The Hall–Kier alpha value is 0.177. The fourth-order valence-corrected chi connectivity index (χ4v) is 4.15. The van der Waals surface area contributed by atoms with E-state index in [-0.39, 0.29) is 0 Å². The van der Waals surface area contributed by atoms with Gasteiger partial charge in [0.2, 0.25) is 0 Å². The van der Waals surface area contributed by atoms with Crippen LogP contribution < -0.4 is 4.98 Å². The van der Waals surface area contributed by atoms with Crippen LogP contribution in [0.3, 0.4) is 0 Å². The van der Waals surface area contributed by atoms with Gasteiger partial charge < -0.3 is 4.98 Å². The fraction of sp³-hybridized carbons (Fsp3) is 1.00. The molecule has 2 heteroatoms. The second-order valence-electron chi connectivity index (χ2n) is 4.65. The minimum Gasteiger partial charge on any atom is -0.337 e. The highest BCUT2D eigenvalue weighted by atomic mass is 28.3. The molecule has 1 nitrogen and oxygen atoms in total. The van der Waals surface area contributed by atoms with Gasteiger partial charge >= 0.3 is 0 Å². The largest absolute Gasteiger partial charge is 0.337 e. The zero-order valence-corrected chi connectivity index (χ0v) is 10.0. The molecule has 0 fully saturated rings. The Bertz CT molecular complexity index is 105. The average molecular weight is 173 g/mol. The van der Waals surface area contributed by atoms with Crippen molar-refractivity contribution in [3.63, 3.8) is 0 Å². The molecule has 0 bridgehead atoms. The summed E-state index contributed by atoms with van der Waals surface area (Å²) in [6.07, 6.45) is 0. The lowest BCUT2D eigenvalue weighted by molar-refractivity contribution is 0.659. The van der Waals surface area contributed by atoms with Gasteiger partial charge in [-0.1, -0.05) is 41.5 Å². The summed E-state index contributed by atoms with van der Waals surface area (Å²) >= 11 is 0. The molecule has 0 aromatic rings. The van der Waals surface area contributed by atoms with Gasteiger partial charge in [0.25, 0.3) is 0 Å². The lowest BCUT2D eigenvalue weighted by Gasteiger charge is -2.30. The summed E-state index contributed by atoms with van der Waals surface area (Å²) in [5.41, 5.74) is 0. The molecule has 0 aromatic heterocycles. The number of hydrogen-bond acceptors (Lipinski definition) is 1. The van der Waals surface area contributed by atoms with Crippen LogP contribution in [0.25, 0.3) is 0 Å². The van der Waals surface area contributed by atoms with E-state index in [0.29, 0.717) is 11.1 Å². The van der Waals surface area contributed by atoms with Gasteiger partial charge in [-0.3, -0.25) is 0 Å². The topological polar surface area (TPSA) is 12.0 Å². The fourth-order valence-electron chi connectivity index (χ4n) is 1.38. The van der Waals surface area contributed by atoms with Crippen LogP contribution in [0, 0.1) is 0 Å². The zero-order chi connectivity index (χ0) is 9.07. The molecule has 68 valence electrons. The second kappa shape index (κ2) is 4.26. The molecule has 0 amide bonds. The molecule has 0 rings (SSSR count). The monoisotopic (exact) mass is 173 g/mol. The molecule has 0 saturated heterocycles. The van der Waals surface area contributed by atoms with E-state index in [9.17, 15) is 0 Å². The van der Waals surface area contributed by atoms with Crippen molar-refractivity contribution in [1.82, 2.24) is 4.98 Å². The summed E-state index contributed by atoms with van der Waals surface area (Å²) in [5, 5.41) is 0.527. The maximum Gasteiger partial charge on any atom is 0.114 e. The average Bonchev–Trinajstić information content (AvgIpc) is 1.79. The number of rotatable bonds is 3. The second-order valence-corrected chi connectivity index (χ2v) is 8.64. The Kier molecular flexibility index (Phi) is 4.33. The third-order valence-electron chi connectivity index (χ3n) is 1.99. The number of hydrogen-bond donors (Lipinski definition) is 1. The van der Waals surface area contributed by atoms with Gasteiger partial charge in [0, 0.05) is 0 Å². The predicted molar refractivity (Wildman–Crippen MR) is 55.6 cm³/mol. The minimum absolute atomic E-state index is 0.527. The van der Waals surface area contributed by atoms with E-state index in [1.54, 1.807) is 0 Å². The summed E-state index contributed by atoms with van der Waals surface area (Å²) in [4.78, 5) is 3.71. The molecule has 1 atom stereocenters. The standard InChI is InChI=1S/C9H23NSi/c1-7-11(9(4,5)6)10-8(2)3/h8,10-11H,7H2,1-6H3. The van der Waals surface area contributed by atoms with E-state index in [1.165, 1.54) is 6.04 Å². The van der Waals surface area contributed by atoms with E-state index in [0.717, 1.165) is 0 Å². The Morgan fingerprint density at radius 2 is 1.73 bits per heavy atom. The van der Waals surface area contributed by atoms with Gasteiger partial charge in [0.15, 0.2) is 0 Å². The third-order valence-corrected chi connectivity index (χ3v) is 5.96. The van der Waals surface area contributed by atoms with E-state index < -0.39 is 8.96 Å². The SMILES string of the molecule is CC[SiH](NC(C)C)C(C)(C)C. The molecule has 0 aliphatic rings. The van der Waals surface area contributed by atoms with Crippen molar-refractivity contribution >= 4 is 8.96 Å². The predicted octanol–water partition coefficient (Wildman–Crippen LogP) is 2.53. The first kappa shape index (κ1) is 11.2. The van der Waals surface area contributed by atoms with Crippen LogP contribution in [0.1, 0.15) is 41.5 Å². The van der Waals surface area contributed by atoms with Gasteiger partial charge in [-0.05, 0) is 17.1 Å². The van der Waals surface area contributed by atoms with Crippen LogP contribution in [0.15, 0.2) is 0 Å². The van der Waals surface area contributed by atoms with Gasteiger partial charge in [-0.25, -0.2) is 0 Å². The Morgan fingerprint density at radius 3 is 1.82 bits per heavy atom. The zero-order valence-electron chi connectivity index (χ0n) is 8.86. The molecule has 1 unspecified atom stereocenters. The van der Waals surface area contributed by atoms with Crippen LogP contribution in [-0.4, -0.2) is 15.0 Å². The van der Waals surface area contributed by atoms with Gasteiger partial charge in [0.05, 0.1) is 0 Å². The first-order valence-corrected chi connectivity index (χ1v) is 6.61. The number of nitrogens with one attached hydrogen (secondary N) is 1. The van der Waals surface area contributed by atoms with Crippen molar-refractivity contribution in [1.29, 1.82) is 0 Å². The van der Waals surface area contributed by atoms with Crippen molar-refractivity contribution in [2.75, 3.05) is 0 Å². The Balaban J connectivity index is 3.96. The van der Waals surface area contributed by atoms with Crippen LogP contribution in [-0.2, 0) is 0 Å². The summed E-state index contributed by atoms with van der Waals surface area (Å²) < 4.78 is 0. The van der Waals surface area contributed by atoms with Crippen molar-refractivity contribution in [3.05, 3.63) is 0 Å². The quantitative estimate of drug-likeness (QED) is 0.647. The summed E-state index contributed by atoms with van der Waals surface area (Å²) in [6.45, 7) is 13.8. The molecule has 0 saturated carbocycles. The van der Waals surface area contributed by atoms with Crippen molar-refractivity contribution in [2.45, 2.75) is 58.7 Å². The normalized spacial score (nSPS) is 15.5. The lowest BCUT2D eigenvalue weighted by Crippen LogP contribution is -2.44. The van der Waals surface area contributed by atoms with Gasteiger partial charge in [-0.2, -0.15) is 0 Å². The molecule has 0 aromatic carbocycles. The Morgan fingerprint density at radius 1 is 1.27 bits per heavy atom. The molecule has 0 aliphatic heterocycles. The smallest absolute Gasteiger partial charge is 0.114 e. The Labute approximate surface area is 73.3 Å². The molecule has 0 heterocycles. The van der Waals surface area contributed by atoms with Crippen molar-refractivity contribution < 1.29 is 0 Å². The van der Waals surface area contributed by atoms with E-state index in [4.69, 9.17) is 0 Å². The van der Waals surface area contributed by atoms with Crippen LogP contribution in [0.4, 0.5) is 0 Å². The summed E-state index contributed by atoms with van der Waals surface area (Å²) in [6, 6.07) is 2.01. The van der Waals surface area contributed by atoms with Crippen LogP contribution in [0.2, 0.25) is 11.1 Å². The van der Waals surface area contributed by atoms with Crippen LogP contribution >= 0.6 is 0 Å². The molecule has 0 radical (unpaired) electrons. The van der Waals surface area contributed by atoms with Gasteiger partial charge in [0.1, 0.15) is 8.96 Å². The maximum atomic E-state index is 3.71. The first-order chi connectivity index (χ1) is 4.88. The molecule has 0 spiro atoms.